The number of rotatable bonds is 3. The van der Waals surface area contributed by atoms with Crippen LogP contribution in [0.5, 0.6) is 5.75 Å². The van der Waals surface area contributed by atoms with Gasteiger partial charge in [-0.1, -0.05) is 19.0 Å². The quantitative estimate of drug-likeness (QED) is 0.811. The molecule has 21 heavy (non-hydrogen) atoms. The number of carbonyl (C=O) groups is 1. The topological polar surface area (TPSA) is 78.1 Å². The molecule has 0 aliphatic heterocycles. The minimum atomic E-state index is -4.71. The summed E-state index contributed by atoms with van der Waals surface area (Å²) in [5, 5.41) is 3.20. The second kappa shape index (κ2) is 5.51. The Morgan fingerprint density at radius 1 is 1.33 bits per heavy atom. The number of nitrogens with zero attached hydrogens (tertiary/aromatic N) is 3. The lowest BCUT2D eigenvalue weighted by Gasteiger charge is -2.05. The molecule has 0 unspecified atom stereocenters. The number of carbonyl (C=O) groups excluding carboxylic acids is 1. The van der Waals surface area contributed by atoms with Crippen molar-refractivity contribution in [2.24, 2.45) is 5.92 Å². The molecule has 0 saturated carbocycles. The van der Waals surface area contributed by atoms with E-state index >= 15 is 0 Å². The minimum absolute atomic E-state index is 0.0681. The van der Waals surface area contributed by atoms with E-state index in [9.17, 15) is 18.0 Å². The number of ether oxygens (including phenoxy) is 1. The van der Waals surface area contributed by atoms with E-state index in [4.69, 9.17) is 4.74 Å². The van der Waals surface area contributed by atoms with Crippen molar-refractivity contribution in [3.63, 3.8) is 0 Å². The molecule has 0 N–H and O–H groups in total. The van der Waals surface area contributed by atoms with Gasteiger partial charge in [0.05, 0.1) is 12.1 Å². The van der Waals surface area contributed by atoms with Crippen molar-refractivity contribution in [1.82, 2.24) is 15.1 Å². The van der Waals surface area contributed by atoms with Gasteiger partial charge in [0.2, 0.25) is 5.82 Å². The molecule has 0 amide bonds. The molecule has 112 valence electrons. The molecule has 9 heteroatoms. The van der Waals surface area contributed by atoms with Gasteiger partial charge in [0, 0.05) is 0 Å². The average molecular weight is 301 g/mol. The Morgan fingerprint density at radius 3 is 2.52 bits per heavy atom. The van der Waals surface area contributed by atoms with Crippen molar-refractivity contribution in [2.75, 3.05) is 0 Å². The summed E-state index contributed by atoms with van der Waals surface area (Å²) in [6, 6.07) is 2.71. The number of pyridine rings is 1. The van der Waals surface area contributed by atoms with Gasteiger partial charge >= 0.3 is 18.0 Å². The summed E-state index contributed by atoms with van der Waals surface area (Å²) in [6.07, 6.45) is -3.52. The zero-order chi connectivity index (χ0) is 15.6. The summed E-state index contributed by atoms with van der Waals surface area (Å²) in [4.78, 5) is 18.4. The molecule has 0 fully saturated rings. The van der Waals surface area contributed by atoms with Crippen molar-refractivity contribution in [2.45, 2.75) is 20.0 Å². The number of alkyl halides is 3. The molecule has 0 spiro atoms. The van der Waals surface area contributed by atoms with Crippen LogP contribution < -0.4 is 4.74 Å². The summed E-state index contributed by atoms with van der Waals surface area (Å²) in [5.74, 6) is -2.32. The molecule has 2 aromatic rings. The lowest BCUT2D eigenvalue weighted by molar-refractivity contribution is -0.159. The van der Waals surface area contributed by atoms with E-state index in [-0.39, 0.29) is 23.2 Å². The summed E-state index contributed by atoms with van der Waals surface area (Å²) in [5.41, 5.74) is 0.0681. The van der Waals surface area contributed by atoms with E-state index in [1.807, 2.05) is 0 Å². The molecule has 0 atom stereocenters. The van der Waals surface area contributed by atoms with E-state index in [2.05, 4.69) is 19.6 Å². The first kappa shape index (κ1) is 14.9. The highest BCUT2D eigenvalue weighted by molar-refractivity contribution is 5.74. The van der Waals surface area contributed by atoms with Gasteiger partial charge < -0.3 is 9.26 Å². The van der Waals surface area contributed by atoms with Gasteiger partial charge in [0.1, 0.15) is 11.4 Å². The van der Waals surface area contributed by atoms with Crippen LogP contribution in [0.15, 0.2) is 22.9 Å². The zero-order valence-corrected chi connectivity index (χ0v) is 11.0. The zero-order valence-electron chi connectivity index (χ0n) is 11.0. The predicted octanol–water partition coefficient (Wildman–Crippen LogP) is 2.71. The second-order valence-electron chi connectivity index (χ2n) is 4.38. The first-order valence-corrected chi connectivity index (χ1v) is 5.86. The molecule has 6 nitrogen and oxygen atoms in total. The minimum Gasteiger partial charge on any atom is -0.425 e. The van der Waals surface area contributed by atoms with Crippen LogP contribution in [0.25, 0.3) is 11.5 Å². The lowest BCUT2D eigenvalue weighted by Crippen LogP contribution is -2.14. The highest BCUT2D eigenvalue weighted by atomic mass is 19.4. The molecule has 0 radical (unpaired) electrons. The van der Waals surface area contributed by atoms with Crippen LogP contribution in [-0.4, -0.2) is 21.1 Å². The van der Waals surface area contributed by atoms with Gasteiger partial charge in [0.15, 0.2) is 0 Å². The summed E-state index contributed by atoms with van der Waals surface area (Å²) in [6.45, 7) is 3.34. The van der Waals surface area contributed by atoms with Crippen LogP contribution in [0.1, 0.15) is 19.7 Å². The maximum absolute atomic E-state index is 12.3. The molecule has 2 aromatic heterocycles. The SMILES string of the molecule is CC(C)C(=O)Oc1ccc(-c2noc(C(F)(F)F)n2)nc1. The number of hydrogen-bond donors (Lipinski definition) is 0. The van der Waals surface area contributed by atoms with Crippen molar-refractivity contribution >= 4 is 5.97 Å². The van der Waals surface area contributed by atoms with E-state index < -0.39 is 18.0 Å². The number of aromatic nitrogens is 3. The van der Waals surface area contributed by atoms with Gasteiger partial charge in [0.25, 0.3) is 0 Å². The van der Waals surface area contributed by atoms with Crippen LogP contribution in [-0.2, 0) is 11.0 Å². The van der Waals surface area contributed by atoms with Gasteiger partial charge in [-0.25, -0.2) is 4.98 Å². The lowest BCUT2D eigenvalue weighted by atomic mass is 10.2. The van der Waals surface area contributed by atoms with Gasteiger partial charge in [-0.15, -0.1) is 0 Å². The van der Waals surface area contributed by atoms with Gasteiger partial charge in [-0.05, 0) is 12.1 Å². The second-order valence-corrected chi connectivity index (χ2v) is 4.38. The Morgan fingerprint density at radius 2 is 2.05 bits per heavy atom. The molecular formula is C12H10F3N3O3. The Balaban J connectivity index is 2.16. The number of halogens is 3. The molecule has 2 rings (SSSR count). The van der Waals surface area contributed by atoms with E-state index in [0.717, 1.165) is 0 Å². The standard InChI is InChI=1S/C12H10F3N3O3/c1-6(2)10(19)20-7-3-4-8(16-5-7)9-17-11(21-18-9)12(13,14)15/h3-6H,1-2H3. The molecule has 0 saturated heterocycles. The maximum Gasteiger partial charge on any atom is 0.471 e. The smallest absolute Gasteiger partial charge is 0.425 e. The molecule has 0 aromatic carbocycles. The van der Waals surface area contributed by atoms with Crippen LogP contribution in [0, 0.1) is 5.92 Å². The third-order valence-corrected chi connectivity index (χ3v) is 2.32. The van der Waals surface area contributed by atoms with Crippen molar-refractivity contribution in [3.8, 4) is 17.3 Å². The van der Waals surface area contributed by atoms with Crippen molar-refractivity contribution < 1.29 is 27.2 Å². The Bertz CT molecular complexity index is 635. The average Bonchev–Trinajstić information content (AvgIpc) is 2.89. The van der Waals surface area contributed by atoms with Crippen LogP contribution in [0.4, 0.5) is 13.2 Å². The monoisotopic (exact) mass is 301 g/mol. The molecule has 0 aliphatic rings. The highest BCUT2D eigenvalue weighted by Gasteiger charge is 2.38. The maximum atomic E-state index is 12.3. The van der Waals surface area contributed by atoms with Crippen LogP contribution in [0.3, 0.4) is 0 Å². The van der Waals surface area contributed by atoms with Gasteiger partial charge in [-0.2, -0.15) is 18.2 Å². The summed E-state index contributed by atoms with van der Waals surface area (Å²) < 4.78 is 46.1. The van der Waals surface area contributed by atoms with Crippen molar-refractivity contribution in [1.29, 1.82) is 0 Å². The fraction of sp³-hybridized carbons (Fsp3) is 0.333. The normalized spacial score (nSPS) is 11.7. The summed E-state index contributed by atoms with van der Waals surface area (Å²) in [7, 11) is 0. The largest absolute Gasteiger partial charge is 0.471 e. The van der Waals surface area contributed by atoms with Crippen LogP contribution in [0.2, 0.25) is 0 Å². The Kier molecular flexibility index (Phi) is 3.92. The molecule has 2 heterocycles. The first-order valence-electron chi connectivity index (χ1n) is 5.86. The van der Waals surface area contributed by atoms with E-state index in [0.29, 0.717) is 0 Å². The van der Waals surface area contributed by atoms with E-state index in [1.54, 1.807) is 13.8 Å². The van der Waals surface area contributed by atoms with E-state index in [1.165, 1.54) is 18.3 Å². The highest BCUT2D eigenvalue weighted by Crippen LogP contribution is 2.29. The number of esters is 1. The Hall–Kier alpha value is -2.45. The van der Waals surface area contributed by atoms with Crippen molar-refractivity contribution in [3.05, 3.63) is 24.2 Å². The predicted molar refractivity (Wildman–Crippen MR) is 63.0 cm³/mol. The third kappa shape index (κ3) is 3.56. The van der Waals surface area contributed by atoms with Gasteiger partial charge in [-0.3, -0.25) is 4.79 Å². The summed E-state index contributed by atoms with van der Waals surface area (Å²) >= 11 is 0. The molecule has 0 aliphatic carbocycles. The first-order chi connectivity index (χ1) is 9.77. The molecular weight excluding hydrogens is 291 g/mol. The Labute approximate surface area is 116 Å². The third-order valence-electron chi connectivity index (χ3n) is 2.32. The number of hydrogen-bond acceptors (Lipinski definition) is 6. The van der Waals surface area contributed by atoms with Crippen LogP contribution >= 0.6 is 0 Å². The molecule has 0 bridgehead atoms. The fourth-order valence-electron chi connectivity index (χ4n) is 1.25. The fourth-order valence-corrected chi connectivity index (χ4v) is 1.25.